The largest absolute Gasteiger partial charge is 0.371 e. The number of carbonyl (C=O) groups is 1. The number of ether oxygens (including phenoxy) is 1. The van der Waals surface area contributed by atoms with E-state index in [0.29, 0.717) is 12.2 Å². The summed E-state index contributed by atoms with van der Waals surface area (Å²) in [5.41, 5.74) is 2.10. The van der Waals surface area contributed by atoms with E-state index >= 15 is 0 Å². The molecule has 3 rings (SSSR count). The second kappa shape index (κ2) is 6.87. The molecule has 1 N–H and O–H groups in total. The van der Waals surface area contributed by atoms with Crippen LogP contribution in [-0.4, -0.2) is 23.5 Å². The highest BCUT2D eigenvalue weighted by atomic mass is 19.1. The molecule has 2 atom stereocenters. The Morgan fingerprint density at radius 3 is 2.87 bits per heavy atom. The Morgan fingerprint density at radius 2 is 2.09 bits per heavy atom. The minimum absolute atomic E-state index is 0.138. The molecule has 0 aliphatic carbocycles. The van der Waals surface area contributed by atoms with Crippen LogP contribution in [0.4, 0.5) is 4.39 Å². The normalized spacial score (nSPS) is 21.0. The maximum atomic E-state index is 13.4. The molecular weight excluding hydrogens is 295 g/mol. The molecule has 1 fully saturated rings. The van der Waals surface area contributed by atoms with Crippen LogP contribution in [0.1, 0.15) is 40.4 Å². The zero-order valence-corrected chi connectivity index (χ0v) is 13.0. The number of carbonyl (C=O) groups excluding carboxylic acids is 1. The second-order valence-electron chi connectivity index (χ2n) is 5.75. The number of nitrogens with one attached hydrogen (secondary N) is 1. The van der Waals surface area contributed by atoms with Crippen molar-refractivity contribution in [2.45, 2.75) is 31.9 Å². The van der Waals surface area contributed by atoms with E-state index in [1.165, 1.54) is 12.1 Å². The van der Waals surface area contributed by atoms with Crippen molar-refractivity contribution >= 4 is 5.91 Å². The maximum absolute atomic E-state index is 13.4. The third kappa shape index (κ3) is 3.56. The molecule has 23 heavy (non-hydrogen) atoms. The number of nitrogens with zero attached hydrogens (tertiary/aromatic N) is 1. The van der Waals surface area contributed by atoms with Crippen LogP contribution in [-0.2, 0) is 4.74 Å². The summed E-state index contributed by atoms with van der Waals surface area (Å²) in [4.78, 5) is 16.5. The molecule has 2 heterocycles. The molecule has 0 unspecified atom stereocenters. The zero-order valence-electron chi connectivity index (χ0n) is 13.0. The average Bonchev–Trinajstić information content (AvgIpc) is 2.58. The molecule has 2 aromatic rings. The van der Waals surface area contributed by atoms with E-state index < -0.39 is 5.82 Å². The first-order valence-corrected chi connectivity index (χ1v) is 7.73. The highest BCUT2D eigenvalue weighted by Crippen LogP contribution is 2.28. The minimum atomic E-state index is -0.411. The summed E-state index contributed by atoms with van der Waals surface area (Å²) in [5.74, 6) is -0.678. The van der Waals surface area contributed by atoms with Crippen molar-refractivity contribution in [3.05, 3.63) is 65.2 Å². The monoisotopic (exact) mass is 314 g/mol. The van der Waals surface area contributed by atoms with Crippen LogP contribution in [0.2, 0.25) is 0 Å². The molecule has 1 aliphatic heterocycles. The van der Waals surface area contributed by atoms with E-state index in [2.05, 4.69) is 10.3 Å². The molecule has 0 radical (unpaired) electrons. The molecule has 1 amide bonds. The van der Waals surface area contributed by atoms with Crippen molar-refractivity contribution in [3.8, 4) is 0 Å². The number of rotatable bonds is 3. The van der Waals surface area contributed by atoms with Crippen molar-refractivity contribution in [3.63, 3.8) is 0 Å². The Morgan fingerprint density at radius 1 is 1.30 bits per heavy atom. The molecule has 1 aromatic carbocycles. The highest BCUT2D eigenvalue weighted by molar-refractivity contribution is 5.95. The lowest BCUT2D eigenvalue weighted by Crippen LogP contribution is -2.43. The number of hydrogen-bond acceptors (Lipinski definition) is 3. The van der Waals surface area contributed by atoms with Gasteiger partial charge in [-0.1, -0.05) is 6.07 Å². The minimum Gasteiger partial charge on any atom is -0.371 e. The van der Waals surface area contributed by atoms with E-state index in [1.54, 1.807) is 25.4 Å². The fraction of sp³-hybridized carbons (Fsp3) is 0.333. The van der Waals surface area contributed by atoms with Crippen molar-refractivity contribution < 1.29 is 13.9 Å². The summed E-state index contributed by atoms with van der Waals surface area (Å²) in [6.07, 6.45) is 4.93. The topological polar surface area (TPSA) is 51.2 Å². The van der Waals surface area contributed by atoms with Gasteiger partial charge in [-0.3, -0.25) is 9.78 Å². The van der Waals surface area contributed by atoms with Crippen LogP contribution in [0.15, 0.2) is 42.7 Å². The number of halogens is 1. The molecule has 0 bridgehead atoms. The summed E-state index contributed by atoms with van der Waals surface area (Å²) in [7, 11) is 0. The third-order valence-corrected chi connectivity index (χ3v) is 4.12. The maximum Gasteiger partial charge on any atom is 0.251 e. The lowest BCUT2D eigenvalue weighted by molar-refractivity contribution is -0.00951. The number of aryl methyl sites for hydroxylation is 1. The molecule has 120 valence electrons. The summed E-state index contributed by atoms with van der Waals surface area (Å²) in [6, 6.07) is 7.89. The van der Waals surface area contributed by atoms with Gasteiger partial charge in [-0.05, 0) is 55.2 Å². The van der Waals surface area contributed by atoms with Gasteiger partial charge in [0.15, 0.2) is 0 Å². The van der Waals surface area contributed by atoms with Crippen molar-refractivity contribution in [2.24, 2.45) is 0 Å². The fourth-order valence-electron chi connectivity index (χ4n) is 2.90. The summed E-state index contributed by atoms with van der Waals surface area (Å²) in [6.45, 7) is 2.46. The van der Waals surface area contributed by atoms with Crippen LogP contribution < -0.4 is 5.32 Å². The Hall–Kier alpha value is -2.27. The van der Waals surface area contributed by atoms with Gasteiger partial charge in [0.1, 0.15) is 11.9 Å². The van der Waals surface area contributed by atoms with Crippen LogP contribution in [0.3, 0.4) is 0 Å². The quantitative estimate of drug-likeness (QED) is 0.946. The molecule has 0 spiro atoms. The molecule has 1 aliphatic rings. The van der Waals surface area contributed by atoms with Gasteiger partial charge in [0, 0.05) is 24.6 Å². The van der Waals surface area contributed by atoms with Gasteiger partial charge in [0.2, 0.25) is 0 Å². The Kier molecular flexibility index (Phi) is 4.67. The molecular formula is C18H19FN2O2. The Labute approximate surface area is 134 Å². The van der Waals surface area contributed by atoms with Crippen LogP contribution in [0.5, 0.6) is 0 Å². The van der Waals surface area contributed by atoms with Gasteiger partial charge in [-0.2, -0.15) is 0 Å². The lowest BCUT2D eigenvalue weighted by atomic mass is 9.96. The summed E-state index contributed by atoms with van der Waals surface area (Å²) in [5, 5.41) is 3.00. The van der Waals surface area contributed by atoms with E-state index in [1.807, 2.05) is 12.1 Å². The van der Waals surface area contributed by atoms with Gasteiger partial charge in [0.25, 0.3) is 5.91 Å². The van der Waals surface area contributed by atoms with Crippen LogP contribution in [0.25, 0.3) is 0 Å². The number of benzene rings is 1. The number of amides is 1. The van der Waals surface area contributed by atoms with E-state index in [4.69, 9.17) is 4.74 Å². The molecule has 0 saturated carbocycles. The van der Waals surface area contributed by atoms with Gasteiger partial charge < -0.3 is 10.1 Å². The molecule has 1 saturated heterocycles. The predicted octanol–water partition coefficient (Wildman–Crippen LogP) is 3.18. The van der Waals surface area contributed by atoms with E-state index in [0.717, 1.165) is 24.0 Å². The predicted molar refractivity (Wildman–Crippen MR) is 84.6 cm³/mol. The molecule has 4 nitrogen and oxygen atoms in total. The van der Waals surface area contributed by atoms with Gasteiger partial charge in [-0.25, -0.2) is 4.39 Å². The second-order valence-corrected chi connectivity index (χ2v) is 5.75. The number of pyridine rings is 1. The SMILES string of the molecule is Cc1ccc(F)cc1C(=O)N[C@H]1CCCO[C@@H]1c1ccncc1. The Balaban J connectivity index is 1.79. The Bertz CT molecular complexity index is 691. The highest BCUT2D eigenvalue weighted by Gasteiger charge is 2.29. The van der Waals surface area contributed by atoms with Crippen LogP contribution in [0, 0.1) is 12.7 Å². The smallest absolute Gasteiger partial charge is 0.251 e. The van der Waals surface area contributed by atoms with E-state index in [9.17, 15) is 9.18 Å². The fourth-order valence-corrected chi connectivity index (χ4v) is 2.90. The first-order chi connectivity index (χ1) is 11.1. The van der Waals surface area contributed by atoms with Gasteiger partial charge in [-0.15, -0.1) is 0 Å². The summed E-state index contributed by atoms with van der Waals surface area (Å²) >= 11 is 0. The van der Waals surface area contributed by atoms with Crippen molar-refractivity contribution in [1.82, 2.24) is 10.3 Å². The van der Waals surface area contributed by atoms with Crippen molar-refractivity contribution in [2.75, 3.05) is 6.61 Å². The summed E-state index contributed by atoms with van der Waals surface area (Å²) < 4.78 is 19.3. The number of aromatic nitrogens is 1. The molecule has 5 heteroatoms. The van der Waals surface area contributed by atoms with Crippen molar-refractivity contribution in [1.29, 1.82) is 0 Å². The zero-order chi connectivity index (χ0) is 16.2. The number of hydrogen-bond donors (Lipinski definition) is 1. The van der Waals surface area contributed by atoms with Gasteiger partial charge >= 0.3 is 0 Å². The molecule has 1 aromatic heterocycles. The lowest BCUT2D eigenvalue weighted by Gasteiger charge is -2.32. The first kappa shape index (κ1) is 15.6. The van der Waals surface area contributed by atoms with Gasteiger partial charge in [0.05, 0.1) is 6.04 Å². The van der Waals surface area contributed by atoms with Crippen LogP contribution >= 0.6 is 0 Å². The standard InChI is InChI=1S/C18H19FN2O2/c1-12-4-5-14(19)11-15(12)18(22)21-16-3-2-10-23-17(16)13-6-8-20-9-7-13/h4-9,11,16-17H,2-3,10H2,1H3,(H,21,22)/t16-,17+/m0/s1. The average molecular weight is 314 g/mol. The van der Waals surface area contributed by atoms with E-state index in [-0.39, 0.29) is 18.1 Å². The third-order valence-electron chi connectivity index (χ3n) is 4.12. The first-order valence-electron chi connectivity index (χ1n) is 7.73.